The first kappa shape index (κ1) is 22.0. The highest BCUT2D eigenvalue weighted by molar-refractivity contribution is 8.00. The van der Waals surface area contributed by atoms with Crippen LogP contribution < -0.4 is 0 Å². The van der Waals surface area contributed by atoms with E-state index in [-0.39, 0.29) is 11.9 Å². The van der Waals surface area contributed by atoms with Crippen LogP contribution in [0.15, 0.2) is 105 Å². The molecule has 4 rings (SSSR count). The van der Waals surface area contributed by atoms with Gasteiger partial charge in [0.15, 0.2) is 0 Å². The van der Waals surface area contributed by atoms with Crippen LogP contribution in [0.1, 0.15) is 20.7 Å². The molecule has 0 saturated heterocycles. The number of rotatable bonds is 6. The fraction of sp³-hybridized carbons (Fsp3) is 0.0769. The van der Waals surface area contributed by atoms with Crippen molar-refractivity contribution >= 4 is 46.2 Å². The van der Waals surface area contributed by atoms with Crippen molar-refractivity contribution in [3.8, 4) is 0 Å². The van der Waals surface area contributed by atoms with E-state index in [4.69, 9.17) is 9.47 Å². The lowest BCUT2D eigenvalue weighted by Gasteiger charge is -2.14. The molecule has 0 aromatic heterocycles. The lowest BCUT2D eigenvalue weighted by atomic mass is 10.1. The van der Waals surface area contributed by atoms with Gasteiger partial charge >= 0.3 is 11.9 Å². The zero-order valence-corrected chi connectivity index (χ0v) is 19.2. The molecule has 4 aromatic carbocycles. The van der Waals surface area contributed by atoms with Crippen molar-refractivity contribution in [2.45, 2.75) is 19.6 Å². The predicted molar refractivity (Wildman–Crippen MR) is 128 cm³/mol. The molecule has 0 aliphatic carbocycles. The molecule has 0 spiro atoms. The average molecular weight is 461 g/mol. The first-order chi connectivity index (χ1) is 15.6. The number of esters is 2. The smallest absolute Gasteiger partial charge is 0.339 e. The summed E-state index contributed by atoms with van der Waals surface area (Å²) in [6.07, 6.45) is 0. The third-order valence-electron chi connectivity index (χ3n) is 4.85. The Bertz CT molecular complexity index is 1200. The largest absolute Gasteiger partial charge is 0.465 e. The van der Waals surface area contributed by atoms with E-state index < -0.39 is 0 Å². The van der Waals surface area contributed by atoms with Crippen LogP contribution in [0.3, 0.4) is 0 Å². The Balaban J connectivity index is 1.80. The van der Waals surface area contributed by atoms with Crippen LogP contribution >= 0.6 is 23.5 Å². The van der Waals surface area contributed by atoms with Crippen LogP contribution in [-0.4, -0.2) is 26.2 Å². The highest BCUT2D eigenvalue weighted by atomic mass is 32.2. The van der Waals surface area contributed by atoms with Gasteiger partial charge in [0.2, 0.25) is 0 Å². The number of benzene rings is 4. The molecule has 0 amide bonds. The summed E-state index contributed by atoms with van der Waals surface area (Å²) in [7, 11) is 2.77. The zero-order valence-electron chi connectivity index (χ0n) is 17.5. The number of fused-ring (bicyclic) bond motifs is 1. The SMILES string of the molecule is COC(=O)c1ccccc1Sc1cccc2cccc(Sc3ccccc3C(=O)OC)c12. The van der Waals surface area contributed by atoms with Gasteiger partial charge in [-0.15, -0.1) is 0 Å². The Kier molecular flexibility index (Phi) is 6.83. The topological polar surface area (TPSA) is 52.6 Å². The number of hydrogen-bond donors (Lipinski definition) is 0. The van der Waals surface area contributed by atoms with E-state index in [1.807, 2.05) is 60.7 Å². The molecule has 4 aromatic rings. The fourth-order valence-corrected chi connectivity index (χ4v) is 5.66. The van der Waals surface area contributed by atoms with Gasteiger partial charge in [-0.25, -0.2) is 9.59 Å². The molecule has 160 valence electrons. The molecule has 0 bridgehead atoms. The summed E-state index contributed by atoms with van der Waals surface area (Å²) < 4.78 is 9.90. The monoisotopic (exact) mass is 460 g/mol. The summed E-state index contributed by atoms with van der Waals surface area (Å²) in [5, 5.41) is 2.13. The first-order valence-electron chi connectivity index (χ1n) is 9.84. The molecule has 0 radical (unpaired) electrons. The molecule has 0 atom stereocenters. The molecule has 32 heavy (non-hydrogen) atoms. The van der Waals surface area contributed by atoms with Crippen molar-refractivity contribution in [3.05, 3.63) is 96.1 Å². The molecule has 0 saturated carbocycles. The van der Waals surface area contributed by atoms with E-state index in [0.717, 1.165) is 30.4 Å². The van der Waals surface area contributed by atoms with Gasteiger partial charge in [-0.2, -0.15) is 0 Å². The van der Waals surface area contributed by atoms with E-state index in [2.05, 4.69) is 12.1 Å². The van der Waals surface area contributed by atoms with Crippen molar-refractivity contribution in [2.24, 2.45) is 0 Å². The summed E-state index contributed by atoms with van der Waals surface area (Å²) in [6, 6.07) is 27.0. The van der Waals surface area contributed by atoms with Crippen molar-refractivity contribution < 1.29 is 19.1 Å². The van der Waals surface area contributed by atoms with Gasteiger partial charge in [-0.1, -0.05) is 72.1 Å². The summed E-state index contributed by atoms with van der Waals surface area (Å²) >= 11 is 3.04. The van der Waals surface area contributed by atoms with Crippen LogP contribution in [0.4, 0.5) is 0 Å². The number of ether oxygens (including phenoxy) is 2. The second kappa shape index (κ2) is 9.94. The normalized spacial score (nSPS) is 10.7. The predicted octanol–water partition coefficient (Wildman–Crippen LogP) is 6.72. The van der Waals surface area contributed by atoms with Crippen LogP contribution in [0.2, 0.25) is 0 Å². The molecule has 0 N–H and O–H groups in total. The summed E-state index contributed by atoms with van der Waals surface area (Å²) in [5.41, 5.74) is 1.05. The van der Waals surface area contributed by atoms with E-state index in [1.54, 1.807) is 12.1 Å². The molecular weight excluding hydrogens is 440 g/mol. The van der Waals surface area contributed by atoms with Crippen LogP contribution in [0.5, 0.6) is 0 Å². The van der Waals surface area contributed by atoms with E-state index in [9.17, 15) is 9.59 Å². The van der Waals surface area contributed by atoms with E-state index in [0.29, 0.717) is 11.1 Å². The lowest BCUT2D eigenvalue weighted by Crippen LogP contribution is -2.03. The number of hydrogen-bond acceptors (Lipinski definition) is 6. The van der Waals surface area contributed by atoms with Crippen molar-refractivity contribution in [1.82, 2.24) is 0 Å². The minimum atomic E-state index is -0.366. The minimum Gasteiger partial charge on any atom is -0.465 e. The number of carbonyl (C=O) groups excluding carboxylic acids is 2. The summed E-state index contributed by atoms with van der Waals surface area (Å²) in [4.78, 5) is 28.2. The molecule has 6 heteroatoms. The van der Waals surface area contributed by atoms with Crippen molar-refractivity contribution in [3.63, 3.8) is 0 Å². The van der Waals surface area contributed by atoms with Gasteiger partial charge in [0, 0.05) is 25.0 Å². The molecule has 0 aliphatic heterocycles. The van der Waals surface area contributed by atoms with Gasteiger partial charge < -0.3 is 9.47 Å². The van der Waals surface area contributed by atoms with E-state index in [1.165, 1.54) is 37.7 Å². The second-order valence-electron chi connectivity index (χ2n) is 6.79. The van der Waals surface area contributed by atoms with Gasteiger partial charge in [-0.05, 0) is 41.8 Å². The Labute approximate surface area is 194 Å². The third-order valence-corrected chi connectivity index (χ3v) is 7.12. The quantitative estimate of drug-likeness (QED) is 0.298. The third kappa shape index (κ3) is 4.52. The number of carbonyl (C=O) groups is 2. The Morgan fingerprint density at radius 3 is 1.41 bits per heavy atom. The molecule has 0 heterocycles. The van der Waals surface area contributed by atoms with Crippen molar-refractivity contribution in [1.29, 1.82) is 0 Å². The van der Waals surface area contributed by atoms with Crippen LogP contribution in [0, 0.1) is 0 Å². The van der Waals surface area contributed by atoms with Crippen molar-refractivity contribution in [2.75, 3.05) is 14.2 Å². The maximum atomic E-state index is 12.2. The van der Waals surface area contributed by atoms with Gasteiger partial charge in [0.1, 0.15) is 0 Å². The Hall–Kier alpha value is -3.22. The van der Waals surface area contributed by atoms with Crippen LogP contribution in [-0.2, 0) is 9.47 Å². The van der Waals surface area contributed by atoms with Gasteiger partial charge in [-0.3, -0.25) is 0 Å². The Morgan fingerprint density at radius 1 is 0.562 bits per heavy atom. The first-order valence-corrected chi connectivity index (χ1v) is 11.5. The van der Waals surface area contributed by atoms with E-state index >= 15 is 0 Å². The highest BCUT2D eigenvalue weighted by Crippen LogP contribution is 2.42. The average Bonchev–Trinajstić information content (AvgIpc) is 2.84. The highest BCUT2D eigenvalue weighted by Gasteiger charge is 2.17. The fourth-order valence-electron chi connectivity index (χ4n) is 3.35. The molecule has 0 aliphatic rings. The van der Waals surface area contributed by atoms with Crippen LogP contribution in [0.25, 0.3) is 10.8 Å². The maximum absolute atomic E-state index is 12.2. The molecule has 4 nitrogen and oxygen atoms in total. The second-order valence-corrected chi connectivity index (χ2v) is 8.96. The molecular formula is C26H20O4S2. The summed E-state index contributed by atoms with van der Waals surface area (Å²) in [5.74, 6) is -0.732. The molecule has 0 unspecified atom stereocenters. The van der Waals surface area contributed by atoms with Gasteiger partial charge in [0.25, 0.3) is 0 Å². The standard InChI is InChI=1S/C26H20O4S2/c1-29-25(27)18-11-3-5-13-20(18)31-22-15-7-9-17-10-8-16-23(24(17)22)32-21-14-6-4-12-19(21)26(28)30-2/h3-16H,1-2H3. The van der Waals surface area contributed by atoms with Gasteiger partial charge in [0.05, 0.1) is 25.3 Å². The lowest BCUT2D eigenvalue weighted by molar-refractivity contribution is 0.0588. The maximum Gasteiger partial charge on any atom is 0.339 e. The Morgan fingerprint density at radius 2 is 0.969 bits per heavy atom. The zero-order chi connectivity index (χ0) is 22.5. The summed E-state index contributed by atoms with van der Waals surface area (Å²) in [6.45, 7) is 0. The minimum absolute atomic E-state index is 0.366. The number of methoxy groups -OCH3 is 2. The molecule has 0 fully saturated rings.